The summed E-state index contributed by atoms with van der Waals surface area (Å²) in [7, 11) is 3.08. The van der Waals surface area contributed by atoms with E-state index < -0.39 is 17.3 Å². The monoisotopic (exact) mass is 339 g/mol. The highest BCUT2D eigenvalue weighted by Gasteiger charge is 2.43. The van der Waals surface area contributed by atoms with Gasteiger partial charge in [0.15, 0.2) is 11.4 Å². The van der Waals surface area contributed by atoms with Crippen LogP contribution in [0, 0.1) is 17.2 Å². The SMILES string of the molecule is COc1ccc(C(=O)C(O)(c2ccc(OC)cc2)C(C)CC#N)cc1. The summed E-state index contributed by atoms with van der Waals surface area (Å²) in [5.41, 5.74) is -1.03. The van der Waals surface area contributed by atoms with E-state index in [9.17, 15) is 9.90 Å². The third kappa shape index (κ3) is 3.65. The lowest BCUT2D eigenvalue weighted by Gasteiger charge is -2.32. The molecule has 0 heterocycles. The van der Waals surface area contributed by atoms with E-state index in [2.05, 4.69) is 0 Å². The first-order valence-electron chi connectivity index (χ1n) is 7.90. The van der Waals surface area contributed by atoms with Crippen molar-refractivity contribution in [3.63, 3.8) is 0 Å². The predicted octanol–water partition coefficient (Wildman–Crippen LogP) is 3.32. The normalized spacial score (nSPS) is 14.0. The van der Waals surface area contributed by atoms with Crippen LogP contribution in [0.4, 0.5) is 0 Å². The number of ketones is 1. The number of methoxy groups -OCH3 is 2. The molecule has 0 radical (unpaired) electrons. The number of carbonyl (C=O) groups excluding carboxylic acids is 1. The van der Waals surface area contributed by atoms with E-state index in [0.717, 1.165) is 0 Å². The van der Waals surface area contributed by atoms with Crippen molar-refractivity contribution in [1.29, 1.82) is 5.26 Å². The fraction of sp³-hybridized carbons (Fsp3) is 0.300. The van der Waals surface area contributed by atoms with Crippen LogP contribution in [0.15, 0.2) is 48.5 Å². The lowest BCUT2D eigenvalue weighted by atomic mass is 9.75. The maximum absolute atomic E-state index is 13.1. The molecule has 25 heavy (non-hydrogen) atoms. The topological polar surface area (TPSA) is 79.6 Å². The molecule has 0 fully saturated rings. The molecule has 0 aromatic heterocycles. The summed E-state index contributed by atoms with van der Waals surface area (Å²) >= 11 is 0. The van der Waals surface area contributed by atoms with Gasteiger partial charge in [-0.25, -0.2) is 0 Å². The summed E-state index contributed by atoms with van der Waals surface area (Å²) in [5, 5.41) is 20.4. The zero-order chi connectivity index (χ0) is 18.4. The average molecular weight is 339 g/mol. The first kappa shape index (κ1) is 18.5. The highest BCUT2D eigenvalue weighted by molar-refractivity contribution is 6.03. The van der Waals surface area contributed by atoms with E-state index in [1.54, 1.807) is 69.7 Å². The summed E-state index contributed by atoms with van der Waals surface area (Å²) in [4.78, 5) is 13.1. The highest BCUT2D eigenvalue weighted by Crippen LogP contribution is 2.36. The maximum atomic E-state index is 13.1. The molecule has 0 aliphatic rings. The molecule has 5 heteroatoms. The fourth-order valence-electron chi connectivity index (χ4n) is 2.73. The van der Waals surface area contributed by atoms with Gasteiger partial charge in [-0.1, -0.05) is 19.1 Å². The van der Waals surface area contributed by atoms with E-state index in [4.69, 9.17) is 14.7 Å². The molecule has 5 nitrogen and oxygen atoms in total. The average Bonchev–Trinajstić information content (AvgIpc) is 2.67. The number of nitrogens with zero attached hydrogens (tertiary/aromatic N) is 1. The zero-order valence-corrected chi connectivity index (χ0v) is 14.5. The van der Waals surface area contributed by atoms with Crippen molar-refractivity contribution in [2.45, 2.75) is 18.9 Å². The van der Waals surface area contributed by atoms with Gasteiger partial charge in [0.2, 0.25) is 0 Å². The van der Waals surface area contributed by atoms with Gasteiger partial charge >= 0.3 is 0 Å². The Hall–Kier alpha value is -2.84. The Morgan fingerprint density at radius 3 is 2.00 bits per heavy atom. The Kier molecular flexibility index (Phi) is 5.79. The minimum absolute atomic E-state index is 0.0461. The highest BCUT2D eigenvalue weighted by atomic mass is 16.5. The Balaban J connectivity index is 2.49. The van der Waals surface area contributed by atoms with E-state index in [-0.39, 0.29) is 6.42 Å². The van der Waals surface area contributed by atoms with Crippen LogP contribution in [0.5, 0.6) is 11.5 Å². The number of benzene rings is 2. The molecule has 2 rings (SSSR count). The lowest BCUT2D eigenvalue weighted by Crippen LogP contribution is -2.42. The Labute approximate surface area is 147 Å². The second-order valence-corrected chi connectivity index (χ2v) is 5.82. The molecule has 0 bridgehead atoms. The molecule has 2 unspecified atom stereocenters. The lowest BCUT2D eigenvalue weighted by molar-refractivity contribution is -0.000629. The molecule has 2 atom stereocenters. The van der Waals surface area contributed by atoms with Crippen LogP contribution in [0.2, 0.25) is 0 Å². The van der Waals surface area contributed by atoms with E-state index in [0.29, 0.717) is 22.6 Å². The van der Waals surface area contributed by atoms with Gasteiger partial charge < -0.3 is 14.6 Å². The van der Waals surface area contributed by atoms with Crippen molar-refractivity contribution < 1.29 is 19.4 Å². The second kappa shape index (κ2) is 7.82. The van der Waals surface area contributed by atoms with E-state index in [1.807, 2.05) is 6.07 Å². The maximum Gasteiger partial charge on any atom is 0.199 e. The van der Waals surface area contributed by atoms with Crippen LogP contribution < -0.4 is 9.47 Å². The number of aliphatic hydroxyl groups is 1. The van der Waals surface area contributed by atoms with E-state index >= 15 is 0 Å². The Morgan fingerprint density at radius 2 is 1.56 bits per heavy atom. The van der Waals surface area contributed by atoms with Crippen LogP contribution in [-0.4, -0.2) is 25.1 Å². The molecule has 2 aromatic rings. The van der Waals surface area contributed by atoms with Gasteiger partial charge in [-0.15, -0.1) is 0 Å². The summed E-state index contributed by atoms with van der Waals surface area (Å²) in [6.07, 6.45) is 0.0461. The van der Waals surface area contributed by atoms with Gasteiger partial charge in [-0.3, -0.25) is 4.79 Å². The molecule has 2 aromatic carbocycles. The largest absolute Gasteiger partial charge is 0.497 e. The number of nitriles is 1. The molecule has 0 saturated carbocycles. The summed E-state index contributed by atoms with van der Waals surface area (Å²) in [6, 6.07) is 15.2. The zero-order valence-electron chi connectivity index (χ0n) is 14.5. The van der Waals surface area contributed by atoms with Gasteiger partial charge in [0.25, 0.3) is 0 Å². The van der Waals surface area contributed by atoms with Crippen LogP contribution in [0.1, 0.15) is 29.3 Å². The Bertz CT molecular complexity index is 762. The molecule has 130 valence electrons. The number of ether oxygens (including phenoxy) is 2. The van der Waals surface area contributed by atoms with Crippen LogP contribution in [-0.2, 0) is 5.60 Å². The number of Topliss-reactive ketones (excluding diaryl/α,β-unsaturated/α-hetero) is 1. The molecular weight excluding hydrogens is 318 g/mol. The third-order valence-corrected chi connectivity index (χ3v) is 4.34. The van der Waals surface area contributed by atoms with Crippen molar-refractivity contribution in [1.82, 2.24) is 0 Å². The molecule has 0 aliphatic heterocycles. The van der Waals surface area contributed by atoms with Gasteiger partial charge in [0.1, 0.15) is 11.5 Å². The predicted molar refractivity (Wildman–Crippen MR) is 93.6 cm³/mol. The van der Waals surface area contributed by atoms with Crippen molar-refractivity contribution >= 4 is 5.78 Å². The number of hydrogen-bond donors (Lipinski definition) is 1. The van der Waals surface area contributed by atoms with Gasteiger partial charge in [0.05, 0.1) is 20.3 Å². The number of rotatable bonds is 7. The van der Waals surface area contributed by atoms with Crippen molar-refractivity contribution in [3.8, 4) is 17.6 Å². The van der Waals surface area contributed by atoms with Gasteiger partial charge in [0, 0.05) is 17.9 Å². The summed E-state index contributed by atoms with van der Waals surface area (Å²) in [5.74, 6) is 0.203. The minimum Gasteiger partial charge on any atom is -0.497 e. The van der Waals surface area contributed by atoms with Crippen molar-refractivity contribution in [3.05, 3.63) is 59.7 Å². The molecule has 0 spiro atoms. The molecule has 0 saturated heterocycles. The second-order valence-electron chi connectivity index (χ2n) is 5.82. The number of carbonyl (C=O) groups is 1. The molecular formula is C20H21NO4. The fourth-order valence-corrected chi connectivity index (χ4v) is 2.73. The first-order chi connectivity index (χ1) is 12.0. The minimum atomic E-state index is -1.81. The summed E-state index contributed by atoms with van der Waals surface area (Å²) in [6.45, 7) is 1.69. The number of hydrogen-bond acceptors (Lipinski definition) is 5. The quantitative estimate of drug-likeness (QED) is 0.783. The van der Waals surface area contributed by atoms with Crippen molar-refractivity contribution in [2.24, 2.45) is 5.92 Å². The standard InChI is InChI=1S/C20H21NO4/c1-14(12-13-21)20(23,16-6-10-18(25-3)11-7-16)19(22)15-4-8-17(24-2)9-5-15/h4-11,14,23H,12H2,1-3H3. The van der Waals surface area contributed by atoms with Gasteiger partial charge in [-0.2, -0.15) is 5.26 Å². The molecule has 0 aliphatic carbocycles. The van der Waals surface area contributed by atoms with Gasteiger partial charge in [-0.05, 0) is 42.0 Å². The molecule has 0 amide bonds. The third-order valence-electron chi connectivity index (χ3n) is 4.34. The smallest absolute Gasteiger partial charge is 0.199 e. The van der Waals surface area contributed by atoms with E-state index in [1.165, 1.54) is 0 Å². The van der Waals surface area contributed by atoms with Crippen LogP contribution in [0.25, 0.3) is 0 Å². The van der Waals surface area contributed by atoms with Crippen molar-refractivity contribution in [2.75, 3.05) is 14.2 Å². The van der Waals surface area contributed by atoms with Crippen LogP contribution in [0.3, 0.4) is 0 Å². The molecule has 1 N–H and O–H groups in total. The Morgan fingerprint density at radius 1 is 1.08 bits per heavy atom. The van der Waals surface area contributed by atoms with Crippen LogP contribution >= 0.6 is 0 Å². The first-order valence-corrected chi connectivity index (χ1v) is 7.90. The summed E-state index contributed by atoms with van der Waals surface area (Å²) < 4.78 is 10.2.